The Morgan fingerprint density at radius 1 is 1.07 bits per heavy atom. The zero-order valence-electron chi connectivity index (χ0n) is 15.8. The predicted molar refractivity (Wildman–Crippen MR) is 113 cm³/mol. The second-order valence-corrected chi connectivity index (χ2v) is 8.24. The number of primary amides is 1. The van der Waals surface area contributed by atoms with Gasteiger partial charge in [-0.2, -0.15) is 0 Å². The van der Waals surface area contributed by atoms with Gasteiger partial charge in [-0.3, -0.25) is 14.4 Å². The lowest BCUT2D eigenvalue weighted by molar-refractivity contribution is -0.123. The van der Waals surface area contributed by atoms with E-state index < -0.39 is 0 Å². The summed E-state index contributed by atoms with van der Waals surface area (Å²) in [5, 5.41) is 2.89. The minimum absolute atomic E-state index is 0.0502. The van der Waals surface area contributed by atoms with Crippen LogP contribution in [0.4, 0.5) is 5.69 Å². The lowest BCUT2D eigenvalue weighted by Crippen LogP contribution is -2.41. The molecule has 0 spiro atoms. The molecule has 0 aliphatic carbocycles. The standard InChI is InChI=1S/C22H21N3O3S/c23-20(26)15-9-11-25(12-10-15)22(28)16-7-5-14(6-8-16)13-19-21(27)24-17-3-1-2-4-18(17)29-19/h1-8,13,15H,9-12H2,(H2,23,26)(H,24,27). The lowest BCUT2D eigenvalue weighted by atomic mass is 9.96. The molecule has 0 aromatic heterocycles. The van der Waals surface area contributed by atoms with Gasteiger partial charge in [-0.25, -0.2) is 0 Å². The van der Waals surface area contributed by atoms with Crippen molar-refractivity contribution < 1.29 is 14.4 Å². The van der Waals surface area contributed by atoms with Crippen LogP contribution in [0.25, 0.3) is 6.08 Å². The van der Waals surface area contributed by atoms with Crippen molar-refractivity contribution in [3.05, 3.63) is 64.6 Å². The molecule has 3 N–H and O–H groups in total. The van der Waals surface area contributed by atoms with E-state index in [9.17, 15) is 14.4 Å². The van der Waals surface area contributed by atoms with Crippen LogP contribution in [0, 0.1) is 5.92 Å². The largest absolute Gasteiger partial charge is 0.369 e. The molecule has 0 bridgehead atoms. The van der Waals surface area contributed by atoms with E-state index in [0.29, 0.717) is 36.4 Å². The van der Waals surface area contributed by atoms with Crippen molar-refractivity contribution in [2.24, 2.45) is 11.7 Å². The number of likely N-dealkylation sites (tertiary alicyclic amines) is 1. The van der Waals surface area contributed by atoms with Crippen molar-refractivity contribution in [1.29, 1.82) is 0 Å². The van der Waals surface area contributed by atoms with Crippen molar-refractivity contribution >= 4 is 41.2 Å². The number of carbonyl (C=O) groups is 3. The Morgan fingerprint density at radius 2 is 1.76 bits per heavy atom. The maximum Gasteiger partial charge on any atom is 0.262 e. The van der Waals surface area contributed by atoms with Crippen LogP contribution >= 0.6 is 11.8 Å². The summed E-state index contributed by atoms with van der Waals surface area (Å²) in [6.45, 7) is 1.07. The van der Waals surface area contributed by atoms with E-state index in [-0.39, 0.29) is 23.6 Å². The third-order valence-corrected chi connectivity index (χ3v) is 6.32. The first-order valence-electron chi connectivity index (χ1n) is 9.50. The van der Waals surface area contributed by atoms with Crippen LogP contribution in [0.2, 0.25) is 0 Å². The number of anilines is 1. The number of fused-ring (bicyclic) bond motifs is 1. The number of thioether (sulfide) groups is 1. The highest BCUT2D eigenvalue weighted by Gasteiger charge is 2.26. The molecule has 148 valence electrons. The summed E-state index contributed by atoms with van der Waals surface area (Å²) in [5.41, 5.74) is 7.62. The Morgan fingerprint density at radius 3 is 2.45 bits per heavy atom. The molecule has 2 aromatic rings. The molecule has 1 saturated heterocycles. The minimum Gasteiger partial charge on any atom is -0.369 e. The van der Waals surface area contributed by atoms with Gasteiger partial charge >= 0.3 is 0 Å². The molecule has 6 nitrogen and oxygen atoms in total. The molecule has 3 amide bonds. The summed E-state index contributed by atoms with van der Waals surface area (Å²) < 4.78 is 0. The highest BCUT2D eigenvalue weighted by molar-refractivity contribution is 8.04. The molecule has 7 heteroatoms. The number of para-hydroxylation sites is 1. The smallest absolute Gasteiger partial charge is 0.262 e. The number of nitrogens with two attached hydrogens (primary N) is 1. The maximum atomic E-state index is 12.7. The van der Waals surface area contributed by atoms with Gasteiger partial charge in [0.25, 0.3) is 11.8 Å². The maximum absolute atomic E-state index is 12.7. The first-order chi connectivity index (χ1) is 14.0. The van der Waals surface area contributed by atoms with Crippen molar-refractivity contribution in [3.8, 4) is 0 Å². The Kier molecular flexibility index (Phi) is 5.40. The second-order valence-electron chi connectivity index (χ2n) is 7.15. The van der Waals surface area contributed by atoms with E-state index in [0.717, 1.165) is 16.1 Å². The third kappa shape index (κ3) is 4.19. The molecule has 0 unspecified atom stereocenters. The summed E-state index contributed by atoms with van der Waals surface area (Å²) in [6, 6.07) is 14.9. The van der Waals surface area contributed by atoms with Crippen LogP contribution in [-0.4, -0.2) is 35.7 Å². The van der Waals surface area contributed by atoms with Crippen molar-refractivity contribution in [1.82, 2.24) is 4.90 Å². The number of nitrogens with one attached hydrogen (secondary N) is 1. The van der Waals surface area contributed by atoms with Gasteiger partial charge < -0.3 is 16.0 Å². The third-order valence-electron chi connectivity index (χ3n) is 5.22. The fourth-order valence-corrected chi connectivity index (χ4v) is 4.48. The molecule has 0 radical (unpaired) electrons. The van der Waals surface area contributed by atoms with Gasteiger partial charge in [0.2, 0.25) is 5.91 Å². The first kappa shape index (κ1) is 19.3. The minimum atomic E-state index is -0.290. The SMILES string of the molecule is NC(=O)C1CCN(C(=O)c2ccc(C=C3Sc4ccccc4NC3=O)cc2)CC1. The Balaban J connectivity index is 1.44. The number of hydrogen-bond acceptors (Lipinski definition) is 4. The zero-order valence-corrected chi connectivity index (χ0v) is 16.6. The molecule has 29 heavy (non-hydrogen) atoms. The van der Waals surface area contributed by atoms with E-state index in [4.69, 9.17) is 5.73 Å². The molecular weight excluding hydrogens is 386 g/mol. The zero-order chi connectivity index (χ0) is 20.4. The fourth-order valence-electron chi connectivity index (χ4n) is 3.53. The van der Waals surface area contributed by atoms with E-state index in [1.165, 1.54) is 11.8 Å². The van der Waals surface area contributed by atoms with Crippen molar-refractivity contribution in [2.45, 2.75) is 17.7 Å². The van der Waals surface area contributed by atoms with E-state index in [1.54, 1.807) is 17.0 Å². The molecule has 2 aliphatic heterocycles. The number of hydrogen-bond donors (Lipinski definition) is 2. The summed E-state index contributed by atoms with van der Waals surface area (Å²) in [7, 11) is 0. The van der Waals surface area contributed by atoms with Crippen molar-refractivity contribution in [3.63, 3.8) is 0 Å². The summed E-state index contributed by atoms with van der Waals surface area (Å²) in [5.74, 6) is -0.615. The molecule has 4 rings (SSSR count). The number of nitrogens with zero attached hydrogens (tertiary/aromatic N) is 1. The Labute approximate surface area is 173 Å². The average molecular weight is 407 g/mol. The predicted octanol–water partition coefficient (Wildman–Crippen LogP) is 3.11. The quantitative estimate of drug-likeness (QED) is 0.765. The van der Waals surface area contributed by atoms with Gasteiger partial charge in [-0.15, -0.1) is 0 Å². The Bertz CT molecular complexity index is 993. The van der Waals surface area contributed by atoms with Crippen LogP contribution in [0.15, 0.2) is 58.3 Å². The van der Waals surface area contributed by atoms with Gasteiger partial charge in [-0.1, -0.05) is 36.0 Å². The fraction of sp³-hybridized carbons (Fsp3) is 0.227. The van der Waals surface area contributed by atoms with Crippen LogP contribution in [0.5, 0.6) is 0 Å². The second kappa shape index (κ2) is 8.13. The van der Waals surface area contributed by atoms with E-state index in [1.807, 2.05) is 42.5 Å². The topological polar surface area (TPSA) is 92.5 Å². The summed E-state index contributed by atoms with van der Waals surface area (Å²) in [6.07, 6.45) is 3.04. The first-order valence-corrected chi connectivity index (χ1v) is 10.3. The highest BCUT2D eigenvalue weighted by atomic mass is 32.2. The molecule has 0 saturated carbocycles. The van der Waals surface area contributed by atoms with E-state index >= 15 is 0 Å². The van der Waals surface area contributed by atoms with Gasteiger partial charge in [0.15, 0.2) is 0 Å². The molecule has 2 aromatic carbocycles. The highest BCUT2D eigenvalue weighted by Crippen LogP contribution is 2.38. The molecule has 0 atom stereocenters. The van der Waals surface area contributed by atoms with Crippen LogP contribution < -0.4 is 11.1 Å². The van der Waals surface area contributed by atoms with Crippen LogP contribution in [0.3, 0.4) is 0 Å². The monoisotopic (exact) mass is 407 g/mol. The number of benzene rings is 2. The van der Waals surface area contributed by atoms with Crippen LogP contribution in [0.1, 0.15) is 28.8 Å². The number of carbonyl (C=O) groups excluding carboxylic acids is 3. The molecule has 1 fully saturated rings. The molecule has 2 heterocycles. The van der Waals surface area contributed by atoms with Crippen molar-refractivity contribution in [2.75, 3.05) is 18.4 Å². The Hall–Kier alpha value is -3.06. The van der Waals surface area contributed by atoms with Gasteiger partial charge in [0, 0.05) is 29.5 Å². The summed E-state index contributed by atoms with van der Waals surface area (Å²) >= 11 is 1.43. The normalized spacial score (nSPS) is 18.3. The van der Waals surface area contributed by atoms with Gasteiger partial charge in [0.05, 0.1) is 10.6 Å². The average Bonchev–Trinajstić information content (AvgIpc) is 2.74. The number of piperidine rings is 1. The lowest BCUT2D eigenvalue weighted by Gasteiger charge is -2.30. The van der Waals surface area contributed by atoms with Gasteiger partial charge in [0.1, 0.15) is 0 Å². The van der Waals surface area contributed by atoms with Gasteiger partial charge in [-0.05, 0) is 48.7 Å². The number of rotatable bonds is 3. The van der Waals surface area contributed by atoms with E-state index in [2.05, 4.69) is 5.32 Å². The van der Waals surface area contributed by atoms with Crippen LogP contribution in [-0.2, 0) is 9.59 Å². The number of amides is 3. The molecular formula is C22H21N3O3S. The molecule has 2 aliphatic rings. The summed E-state index contributed by atoms with van der Waals surface area (Å²) in [4.78, 5) is 39.7.